The monoisotopic (exact) mass is 222 g/mol. The summed E-state index contributed by atoms with van der Waals surface area (Å²) < 4.78 is 5.96. The van der Waals surface area contributed by atoms with Crippen LogP contribution in [0.5, 0.6) is 0 Å². The molecule has 3 unspecified atom stereocenters. The van der Waals surface area contributed by atoms with E-state index in [9.17, 15) is 4.79 Å². The third kappa shape index (κ3) is 1.68. The van der Waals surface area contributed by atoms with Crippen LogP contribution in [0.4, 0.5) is 0 Å². The highest BCUT2D eigenvalue weighted by Crippen LogP contribution is 2.47. The smallest absolute Gasteiger partial charge is 0.202 e. The summed E-state index contributed by atoms with van der Waals surface area (Å²) in [6.45, 7) is 8.52. The van der Waals surface area contributed by atoms with Crippen LogP contribution in [0.15, 0.2) is 11.8 Å². The molecule has 90 valence electrons. The zero-order chi connectivity index (χ0) is 11.9. The van der Waals surface area contributed by atoms with Crippen LogP contribution in [0.3, 0.4) is 0 Å². The molecule has 0 amide bonds. The predicted octanol–water partition coefficient (Wildman–Crippen LogP) is 3.32. The van der Waals surface area contributed by atoms with Crippen molar-refractivity contribution in [3.63, 3.8) is 0 Å². The van der Waals surface area contributed by atoms with Crippen molar-refractivity contribution < 1.29 is 9.53 Å². The number of rotatable bonds is 1. The van der Waals surface area contributed by atoms with Crippen molar-refractivity contribution in [1.29, 1.82) is 0 Å². The number of ketones is 1. The molecular weight excluding hydrogens is 200 g/mol. The predicted molar refractivity (Wildman–Crippen MR) is 63.9 cm³/mol. The maximum Gasteiger partial charge on any atom is 0.202 e. The van der Waals surface area contributed by atoms with E-state index in [1.54, 1.807) is 6.08 Å². The van der Waals surface area contributed by atoms with Gasteiger partial charge in [-0.2, -0.15) is 0 Å². The van der Waals surface area contributed by atoms with Gasteiger partial charge in [0.2, 0.25) is 5.78 Å². The average molecular weight is 222 g/mol. The van der Waals surface area contributed by atoms with Gasteiger partial charge in [0.05, 0.1) is 5.76 Å². The minimum Gasteiger partial charge on any atom is -0.483 e. The van der Waals surface area contributed by atoms with E-state index in [0.717, 1.165) is 18.6 Å². The Kier molecular flexibility index (Phi) is 2.85. The van der Waals surface area contributed by atoms with E-state index in [1.807, 2.05) is 6.92 Å². The van der Waals surface area contributed by atoms with Gasteiger partial charge in [-0.1, -0.05) is 27.2 Å². The number of ether oxygens (including phenoxy) is 1. The molecule has 0 aromatic heterocycles. The molecule has 1 saturated carbocycles. The van der Waals surface area contributed by atoms with Crippen LogP contribution in [0, 0.1) is 17.8 Å². The summed E-state index contributed by atoms with van der Waals surface area (Å²) in [7, 11) is 0. The van der Waals surface area contributed by atoms with Crippen LogP contribution in [-0.4, -0.2) is 11.4 Å². The van der Waals surface area contributed by atoms with Crippen molar-refractivity contribution in [2.24, 2.45) is 17.8 Å². The van der Waals surface area contributed by atoms with E-state index in [4.69, 9.17) is 4.74 Å². The van der Waals surface area contributed by atoms with E-state index in [-0.39, 0.29) is 5.78 Å². The zero-order valence-corrected chi connectivity index (χ0v) is 10.7. The molecule has 1 spiro atoms. The van der Waals surface area contributed by atoms with Gasteiger partial charge in [-0.05, 0) is 31.6 Å². The van der Waals surface area contributed by atoms with E-state index >= 15 is 0 Å². The average Bonchev–Trinajstić information content (AvgIpc) is 2.41. The van der Waals surface area contributed by atoms with Gasteiger partial charge in [-0.15, -0.1) is 0 Å². The second-order valence-electron chi connectivity index (χ2n) is 5.85. The fourth-order valence-corrected chi connectivity index (χ4v) is 3.41. The molecule has 1 fully saturated rings. The van der Waals surface area contributed by atoms with E-state index in [0.29, 0.717) is 17.8 Å². The molecule has 0 saturated heterocycles. The lowest BCUT2D eigenvalue weighted by atomic mass is 9.65. The third-order valence-electron chi connectivity index (χ3n) is 4.12. The highest BCUT2D eigenvalue weighted by molar-refractivity contribution is 5.99. The van der Waals surface area contributed by atoms with Crippen LogP contribution < -0.4 is 0 Å². The van der Waals surface area contributed by atoms with Crippen LogP contribution in [0.2, 0.25) is 0 Å². The first kappa shape index (κ1) is 11.7. The quantitative estimate of drug-likeness (QED) is 0.680. The van der Waals surface area contributed by atoms with Gasteiger partial charge in [0.1, 0.15) is 0 Å². The highest BCUT2D eigenvalue weighted by Gasteiger charge is 2.53. The highest BCUT2D eigenvalue weighted by atomic mass is 16.5. The van der Waals surface area contributed by atoms with E-state index in [2.05, 4.69) is 20.8 Å². The maximum absolute atomic E-state index is 12.2. The third-order valence-corrected chi connectivity index (χ3v) is 4.12. The lowest BCUT2D eigenvalue weighted by Gasteiger charge is -2.44. The molecular formula is C14H22O2. The summed E-state index contributed by atoms with van der Waals surface area (Å²) in [4.78, 5) is 12.2. The Labute approximate surface area is 98.1 Å². The van der Waals surface area contributed by atoms with Crippen LogP contribution >= 0.6 is 0 Å². The van der Waals surface area contributed by atoms with E-state index < -0.39 is 5.60 Å². The van der Waals surface area contributed by atoms with Crippen molar-refractivity contribution in [2.75, 3.05) is 0 Å². The van der Waals surface area contributed by atoms with Gasteiger partial charge >= 0.3 is 0 Å². The van der Waals surface area contributed by atoms with Crippen LogP contribution in [0.1, 0.15) is 47.0 Å². The molecule has 0 bridgehead atoms. The Morgan fingerprint density at radius 2 is 2.12 bits per heavy atom. The van der Waals surface area contributed by atoms with Crippen molar-refractivity contribution in [3.05, 3.63) is 11.8 Å². The zero-order valence-electron chi connectivity index (χ0n) is 10.7. The standard InChI is InChI=1S/C14H22O2/c1-9(2)12-6-5-10(3)8-14(12)13(15)7-11(4)16-14/h7,9-10,12H,5-6,8H2,1-4H3. The van der Waals surface area contributed by atoms with Gasteiger partial charge < -0.3 is 4.74 Å². The Bertz CT molecular complexity index is 330. The number of hydrogen-bond donors (Lipinski definition) is 0. The first-order valence-corrected chi connectivity index (χ1v) is 6.37. The Balaban J connectivity index is 2.31. The Morgan fingerprint density at radius 1 is 1.44 bits per heavy atom. The second kappa shape index (κ2) is 3.90. The van der Waals surface area contributed by atoms with Crippen molar-refractivity contribution >= 4 is 5.78 Å². The van der Waals surface area contributed by atoms with Crippen LogP contribution in [-0.2, 0) is 9.53 Å². The lowest BCUT2D eigenvalue weighted by molar-refractivity contribution is -0.146. The van der Waals surface area contributed by atoms with Gasteiger partial charge in [0.25, 0.3) is 0 Å². The largest absolute Gasteiger partial charge is 0.483 e. The molecule has 2 rings (SSSR count). The van der Waals surface area contributed by atoms with Gasteiger partial charge in [-0.3, -0.25) is 4.79 Å². The number of allylic oxidation sites excluding steroid dienone is 1. The molecule has 1 heterocycles. The summed E-state index contributed by atoms with van der Waals surface area (Å²) in [6, 6.07) is 0. The Morgan fingerprint density at radius 3 is 2.62 bits per heavy atom. The first-order valence-electron chi connectivity index (χ1n) is 6.37. The summed E-state index contributed by atoms with van der Waals surface area (Å²) in [5, 5.41) is 0. The molecule has 0 radical (unpaired) electrons. The molecule has 0 aromatic carbocycles. The number of carbonyl (C=O) groups excluding carboxylic acids is 1. The van der Waals surface area contributed by atoms with Gasteiger partial charge in [0, 0.05) is 12.0 Å². The number of hydrogen-bond acceptors (Lipinski definition) is 2. The molecule has 1 aliphatic carbocycles. The van der Waals surface area contributed by atoms with Crippen molar-refractivity contribution in [3.8, 4) is 0 Å². The minimum absolute atomic E-state index is 0.204. The normalized spacial score (nSPS) is 39.1. The molecule has 16 heavy (non-hydrogen) atoms. The van der Waals surface area contributed by atoms with Crippen molar-refractivity contribution in [2.45, 2.75) is 52.6 Å². The number of carbonyl (C=O) groups is 1. The van der Waals surface area contributed by atoms with Crippen LogP contribution in [0.25, 0.3) is 0 Å². The van der Waals surface area contributed by atoms with E-state index in [1.165, 1.54) is 6.42 Å². The first-order chi connectivity index (χ1) is 7.45. The fourth-order valence-electron chi connectivity index (χ4n) is 3.41. The maximum atomic E-state index is 12.2. The lowest BCUT2D eigenvalue weighted by Crippen LogP contribution is -2.50. The molecule has 1 aliphatic heterocycles. The molecule has 2 aliphatic rings. The molecule has 3 atom stereocenters. The molecule has 0 aromatic rings. The molecule has 2 heteroatoms. The minimum atomic E-state index is -0.518. The summed E-state index contributed by atoms with van der Waals surface area (Å²) in [6.07, 6.45) is 4.92. The van der Waals surface area contributed by atoms with Gasteiger partial charge in [0.15, 0.2) is 5.60 Å². The molecule has 2 nitrogen and oxygen atoms in total. The summed E-state index contributed by atoms with van der Waals surface area (Å²) in [5.41, 5.74) is -0.518. The second-order valence-corrected chi connectivity index (χ2v) is 5.85. The summed E-state index contributed by atoms with van der Waals surface area (Å²) in [5.74, 6) is 2.49. The fraction of sp³-hybridized carbons (Fsp3) is 0.786. The topological polar surface area (TPSA) is 26.3 Å². The molecule has 0 N–H and O–H groups in total. The Hall–Kier alpha value is -0.790. The SMILES string of the molecule is CC1=CC(=O)C2(CC(C)CCC2C(C)C)O1. The summed E-state index contributed by atoms with van der Waals surface area (Å²) >= 11 is 0. The van der Waals surface area contributed by atoms with Gasteiger partial charge in [-0.25, -0.2) is 0 Å². The van der Waals surface area contributed by atoms with Crippen molar-refractivity contribution in [1.82, 2.24) is 0 Å².